The van der Waals surface area contributed by atoms with Crippen molar-refractivity contribution in [3.8, 4) is 6.08 Å². The van der Waals surface area contributed by atoms with Gasteiger partial charge in [0.2, 0.25) is 11.6 Å². The fraction of sp³-hybridized carbons (Fsp3) is 0.500. The average molecular weight is 269 g/mol. The number of hydrogen-bond donors (Lipinski definition) is 0. The lowest BCUT2D eigenvalue weighted by Crippen LogP contribution is -2.20. The first-order chi connectivity index (χ1) is 8.93. The Hall–Kier alpha value is -2.18. The van der Waals surface area contributed by atoms with E-state index in [1.54, 1.807) is 20.8 Å². The maximum absolute atomic E-state index is 11.6. The van der Waals surface area contributed by atoms with Crippen molar-refractivity contribution >= 4 is 17.5 Å². The van der Waals surface area contributed by atoms with Crippen molar-refractivity contribution in [2.24, 2.45) is 0 Å². The van der Waals surface area contributed by atoms with E-state index in [4.69, 9.17) is 9.15 Å². The highest BCUT2D eigenvalue weighted by Gasteiger charge is 2.22. The van der Waals surface area contributed by atoms with E-state index in [9.17, 15) is 14.4 Å². The van der Waals surface area contributed by atoms with E-state index in [2.05, 4.69) is 9.72 Å². The third-order valence-corrected chi connectivity index (χ3v) is 1.92. The number of aromatic nitrogens is 1. The van der Waals surface area contributed by atoms with Crippen LogP contribution in [0.3, 0.4) is 0 Å². The standard InChI is InChI=1S/C12H15NO6/c1-4-17-11(16)9(15)5-8(14)10-6-13-12(19-10)18-7(2)3/h6-7H,4-5H2,1-3H3. The van der Waals surface area contributed by atoms with Gasteiger partial charge >= 0.3 is 12.0 Å². The molecule has 0 saturated carbocycles. The van der Waals surface area contributed by atoms with Gasteiger partial charge in [0.25, 0.3) is 0 Å². The monoisotopic (exact) mass is 269 g/mol. The molecule has 7 heteroatoms. The zero-order chi connectivity index (χ0) is 14.4. The number of esters is 1. The molecule has 0 unspecified atom stereocenters. The smallest absolute Gasteiger partial charge is 0.394 e. The van der Waals surface area contributed by atoms with Crippen LogP contribution < -0.4 is 4.74 Å². The summed E-state index contributed by atoms with van der Waals surface area (Å²) in [5.74, 6) is -2.74. The molecule has 0 aliphatic carbocycles. The van der Waals surface area contributed by atoms with E-state index in [-0.39, 0.29) is 24.5 Å². The van der Waals surface area contributed by atoms with Crippen molar-refractivity contribution in [3.63, 3.8) is 0 Å². The van der Waals surface area contributed by atoms with Crippen LogP contribution in [0.2, 0.25) is 0 Å². The van der Waals surface area contributed by atoms with Gasteiger partial charge in [-0.3, -0.25) is 9.59 Å². The highest BCUT2D eigenvalue weighted by molar-refractivity contribution is 6.37. The molecule has 1 heterocycles. The summed E-state index contributed by atoms with van der Waals surface area (Å²) in [5, 5.41) is 0. The summed E-state index contributed by atoms with van der Waals surface area (Å²) >= 11 is 0. The number of ketones is 2. The predicted octanol–water partition coefficient (Wildman–Crippen LogP) is 1.17. The molecule has 7 nitrogen and oxygen atoms in total. The van der Waals surface area contributed by atoms with Crippen molar-refractivity contribution in [1.82, 2.24) is 4.98 Å². The van der Waals surface area contributed by atoms with E-state index < -0.39 is 24.0 Å². The van der Waals surface area contributed by atoms with Crippen LogP contribution in [0.5, 0.6) is 6.08 Å². The van der Waals surface area contributed by atoms with Gasteiger partial charge in [-0.15, -0.1) is 0 Å². The Morgan fingerprint density at radius 1 is 1.37 bits per heavy atom. The fourth-order valence-electron chi connectivity index (χ4n) is 1.16. The molecule has 0 fully saturated rings. The SMILES string of the molecule is CCOC(=O)C(=O)CC(=O)c1cnc(OC(C)C)o1. The molecule has 0 aliphatic rings. The Morgan fingerprint density at radius 2 is 2.05 bits per heavy atom. The van der Waals surface area contributed by atoms with Crippen molar-refractivity contribution in [1.29, 1.82) is 0 Å². The van der Waals surface area contributed by atoms with Crippen LogP contribution in [0.1, 0.15) is 37.7 Å². The summed E-state index contributed by atoms with van der Waals surface area (Å²) in [5.41, 5.74) is 0. The van der Waals surface area contributed by atoms with Crippen molar-refractivity contribution in [2.75, 3.05) is 6.61 Å². The second kappa shape index (κ2) is 6.67. The predicted molar refractivity (Wildman–Crippen MR) is 62.9 cm³/mol. The molecule has 19 heavy (non-hydrogen) atoms. The van der Waals surface area contributed by atoms with E-state index in [0.717, 1.165) is 6.20 Å². The van der Waals surface area contributed by atoms with Crippen LogP contribution in [0, 0.1) is 0 Å². The maximum Gasteiger partial charge on any atom is 0.394 e. The number of Topliss-reactive ketones (excluding diaryl/α,β-unsaturated/α-hetero) is 2. The molecule has 0 amide bonds. The fourth-order valence-corrected chi connectivity index (χ4v) is 1.16. The van der Waals surface area contributed by atoms with Crippen molar-refractivity contribution < 1.29 is 28.3 Å². The summed E-state index contributed by atoms with van der Waals surface area (Å²) < 4.78 is 14.6. The van der Waals surface area contributed by atoms with Crippen molar-refractivity contribution in [2.45, 2.75) is 33.3 Å². The minimum Gasteiger partial charge on any atom is -0.460 e. The Balaban J connectivity index is 2.61. The second-order valence-electron chi connectivity index (χ2n) is 3.90. The zero-order valence-electron chi connectivity index (χ0n) is 11.0. The van der Waals surface area contributed by atoms with Gasteiger partial charge in [0, 0.05) is 0 Å². The molecule has 1 aromatic heterocycles. The van der Waals surface area contributed by atoms with Gasteiger partial charge in [0.1, 0.15) is 0 Å². The summed E-state index contributed by atoms with van der Waals surface area (Å²) in [7, 11) is 0. The third kappa shape index (κ3) is 4.53. The molecule has 1 rings (SSSR count). The molecular weight excluding hydrogens is 254 g/mol. The van der Waals surface area contributed by atoms with Gasteiger partial charge in [-0.2, -0.15) is 4.98 Å². The summed E-state index contributed by atoms with van der Waals surface area (Å²) in [6.45, 7) is 5.19. The highest BCUT2D eigenvalue weighted by atomic mass is 16.6. The molecule has 0 spiro atoms. The molecular formula is C12H15NO6. The van der Waals surface area contributed by atoms with Crippen LogP contribution in [0.4, 0.5) is 0 Å². The maximum atomic E-state index is 11.6. The normalized spacial score (nSPS) is 10.3. The third-order valence-electron chi connectivity index (χ3n) is 1.92. The average Bonchev–Trinajstić information content (AvgIpc) is 2.76. The van der Waals surface area contributed by atoms with Gasteiger partial charge in [-0.25, -0.2) is 4.79 Å². The second-order valence-corrected chi connectivity index (χ2v) is 3.90. The van der Waals surface area contributed by atoms with E-state index in [1.807, 2.05) is 0 Å². The summed E-state index contributed by atoms with van der Waals surface area (Å²) in [4.78, 5) is 37.8. The van der Waals surface area contributed by atoms with E-state index >= 15 is 0 Å². The number of carbonyl (C=O) groups is 3. The Bertz CT molecular complexity index is 476. The number of oxazole rings is 1. The molecule has 104 valence electrons. The molecule has 0 aromatic carbocycles. The number of carbonyl (C=O) groups excluding carboxylic acids is 3. The zero-order valence-corrected chi connectivity index (χ0v) is 11.0. The molecule has 0 aliphatic heterocycles. The van der Waals surface area contributed by atoms with Crippen molar-refractivity contribution in [3.05, 3.63) is 12.0 Å². The summed E-state index contributed by atoms with van der Waals surface area (Å²) in [6.07, 6.45) is 0.331. The van der Waals surface area contributed by atoms with Crippen LogP contribution in [0.25, 0.3) is 0 Å². The Labute approximate surface area is 109 Å². The van der Waals surface area contributed by atoms with Crippen LogP contribution in [-0.2, 0) is 14.3 Å². The van der Waals surface area contributed by atoms with Crippen LogP contribution in [0.15, 0.2) is 10.6 Å². The minimum absolute atomic E-state index is 0.0538. The van der Waals surface area contributed by atoms with Crippen LogP contribution in [-0.4, -0.2) is 35.2 Å². The lowest BCUT2D eigenvalue weighted by Gasteiger charge is -2.02. The summed E-state index contributed by atoms with van der Waals surface area (Å²) in [6, 6.07) is 0. The number of ether oxygens (including phenoxy) is 2. The number of nitrogens with zero attached hydrogens (tertiary/aromatic N) is 1. The topological polar surface area (TPSA) is 95.7 Å². The molecule has 0 bridgehead atoms. The first kappa shape index (κ1) is 14.9. The molecule has 0 radical (unpaired) electrons. The lowest BCUT2D eigenvalue weighted by atomic mass is 10.2. The number of hydrogen-bond acceptors (Lipinski definition) is 7. The quantitative estimate of drug-likeness (QED) is 0.317. The van der Waals surface area contributed by atoms with E-state index in [1.165, 1.54) is 0 Å². The lowest BCUT2D eigenvalue weighted by molar-refractivity contribution is -0.153. The molecule has 0 atom stereocenters. The highest BCUT2D eigenvalue weighted by Crippen LogP contribution is 2.14. The van der Waals surface area contributed by atoms with Gasteiger partial charge in [-0.05, 0) is 20.8 Å². The van der Waals surface area contributed by atoms with Gasteiger partial charge in [0.05, 0.1) is 25.3 Å². The molecule has 0 saturated heterocycles. The van der Waals surface area contributed by atoms with Gasteiger partial charge in [0.15, 0.2) is 5.76 Å². The van der Waals surface area contributed by atoms with Crippen LogP contribution >= 0.6 is 0 Å². The Kier molecular flexibility index (Phi) is 5.23. The first-order valence-corrected chi connectivity index (χ1v) is 5.79. The minimum atomic E-state index is -1.03. The van der Waals surface area contributed by atoms with Gasteiger partial charge in [-0.1, -0.05) is 0 Å². The largest absolute Gasteiger partial charge is 0.460 e. The number of rotatable bonds is 7. The molecule has 0 N–H and O–H groups in total. The first-order valence-electron chi connectivity index (χ1n) is 5.79. The van der Waals surface area contributed by atoms with Gasteiger partial charge < -0.3 is 13.9 Å². The van der Waals surface area contributed by atoms with E-state index in [0.29, 0.717) is 0 Å². The Morgan fingerprint density at radius 3 is 2.63 bits per heavy atom. The molecule has 1 aromatic rings.